The molecule has 0 aliphatic heterocycles. The van der Waals surface area contributed by atoms with Crippen molar-refractivity contribution >= 4 is 23.8 Å². The zero-order chi connectivity index (χ0) is 23.5. The number of amides is 1. The molecule has 1 unspecified atom stereocenters. The molecule has 0 rings (SSSR count). The van der Waals surface area contributed by atoms with Gasteiger partial charge in [0.2, 0.25) is 5.91 Å². The van der Waals surface area contributed by atoms with Crippen molar-refractivity contribution in [3.05, 3.63) is 0 Å². The Hall–Kier alpha value is -2.16. The number of carboxylic acids is 3. The Morgan fingerprint density at radius 1 is 0.742 bits per heavy atom. The SMILES string of the molecule is CCCCCCCCCCCC(=O)NCCCCC(C(=O)O)N(CC(=O)O)CC(=O)O. The van der Waals surface area contributed by atoms with Crippen LogP contribution in [-0.4, -0.2) is 69.7 Å². The maximum atomic E-state index is 11.9. The lowest BCUT2D eigenvalue weighted by Gasteiger charge is -2.25. The van der Waals surface area contributed by atoms with Crippen LogP contribution in [0.5, 0.6) is 0 Å². The van der Waals surface area contributed by atoms with Crippen molar-refractivity contribution in [1.82, 2.24) is 10.2 Å². The summed E-state index contributed by atoms with van der Waals surface area (Å²) >= 11 is 0. The summed E-state index contributed by atoms with van der Waals surface area (Å²) in [6, 6.07) is -1.19. The molecule has 0 radical (unpaired) electrons. The average molecular weight is 445 g/mol. The first-order valence-corrected chi connectivity index (χ1v) is 11.4. The van der Waals surface area contributed by atoms with Crippen molar-refractivity contribution in [1.29, 1.82) is 0 Å². The maximum absolute atomic E-state index is 11.9. The van der Waals surface area contributed by atoms with Crippen molar-refractivity contribution in [3.8, 4) is 0 Å². The van der Waals surface area contributed by atoms with E-state index in [2.05, 4.69) is 12.2 Å². The van der Waals surface area contributed by atoms with Gasteiger partial charge in [-0.25, -0.2) is 0 Å². The monoisotopic (exact) mass is 444 g/mol. The molecule has 1 atom stereocenters. The minimum Gasteiger partial charge on any atom is -0.480 e. The molecule has 1 amide bonds. The molecule has 180 valence electrons. The maximum Gasteiger partial charge on any atom is 0.320 e. The molecule has 0 bridgehead atoms. The molecule has 0 aromatic heterocycles. The fraction of sp³-hybridized carbons (Fsp3) is 0.818. The van der Waals surface area contributed by atoms with Crippen molar-refractivity contribution in [2.45, 2.75) is 96.4 Å². The number of hydrogen-bond donors (Lipinski definition) is 4. The summed E-state index contributed by atoms with van der Waals surface area (Å²) in [5.41, 5.74) is 0. The van der Waals surface area contributed by atoms with Gasteiger partial charge in [0, 0.05) is 13.0 Å². The minimum atomic E-state index is -1.28. The van der Waals surface area contributed by atoms with Crippen LogP contribution in [0.25, 0.3) is 0 Å². The third-order valence-electron chi connectivity index (χ3n) is 5.14. The van der Waals surface area contributed by atoms with E-state index in [9.17, 15) is 24.3 Å². The molecule has 0 aromatic rings. The third-order valence-corrected chi connectivity index (χ3v) is 5.14. The van der Waals surface area contributed by atoms with E-state index in [-0.39, 0.29) is 12.3 Å². The predicted molar refractivity (Wildman–Crippen MR) is 117 cm³/mol. The van der Waals surface area contributed by atoms with Crippen LogP contribution in [0, 0.1) is 0 Å². The van der Waals surface area contributed by atoms with Crippen LogP contribution < -0.4 is 5.32 Å². The Kier molecular flexibility index (Phi) is 17.3. The first kappa shape index (κ1) is 28.8. The normalized spacial score (nSPS) is 11.9. The highest BCUT2D eigenvalue weighted by Crippen LogP contribution is 2.11. The summed E-state index contributed by atoms with van der Waals surface area (Å²) in [5.74, 6) is -3.83. The Morgan fingerprint density at radius 2 is 1.26 bits per heavy atom. The average Bonchev–Trinajstić information content (AvgIpc) is 2.67. The molecule has 4 N–H and O–H groups in total. The molecule has 0 aromatic carbocycles. The van der Waals surface area contributed by atoms with Gasteiger partial charge in [-0.15, -0.1) is 0 Å². The van der Waals surface area contributed by atoms with Crippen molar-refractivity contribution in [2.75, 3.05) is 19.6 Å². The molecule has 0 aliphatic carbocycles. The van der Waals surface area contributed by atoms with Gasteiger partial charge in [0.25, 0.3) is 0 Å². The van der Waals surface area contributed by atoms with E-state index in [0.717, 1.165) is 24.2 Å². The molecule has 9 nitrogen and oxygen atoms in total. The summed E-state index contributed by atoms with van der Waals surface area (Å²) in [6.07, 6.45) is 12.3. The van der Waals surface area contributed by atoms with Gasteiger partial charge in [-0.3, -0.25) is 24.1 Å². The lowest BCUT2D eigenvalue weighted by atomic mass is 10.1. The molecule has 0 saturated heterocycles. The summed E-state index contributed by atoms with van der Waals surface area (Å²) < 4.78 is 0. The van der Waals surface area contributed by atoms with Crippen molar-refractivity contribution < 1.29 is 34.5 Å². The quantitative estimate of drug-likeness (QED) is 0.198. The second-order valence-electron chi connectivity index (χ2n) is 7.97. The molecule has 31 heavy (non-hydrogen) atoms. The summed E-state index contributed by atoms with van der Waals surface area (Å²) in [6.45, 7) is 1.31. The van der Waals surface area contributed by atoms with Gasteiger partial charge in [0.1, 0.15) is 6.04 Å². The topological polar surface area (TPSA) is 144 Å². The number of rotatable bonds is 21. The number of nitrogens with one attached hydrogen (secondary N) is 1. The van der Waals surface area contributed by atoms with Crippen molar-refractivity contribution in [3.63, 3.8) is 0 Å². The van der Waals surface area contributed by atoms with Gasteiger partial charge in [0.15, 0.2) is 0 Å². The Bertz CT molecular complexity index is 524. The number of hydrogen-bond acceptors (Lipinski definition) is 5. The number of carboxylic acid groups (broad SMARTS) is 3. The zero-order valence-electron chi connectivity index (χ0n) is 18.8. The number of carbonyl (C=O) groups excluding carboxylic acids is 1. The first-order chi connectivity index (χ1) is 14.8. The summed E-state index contributed by atoms with van der Waals surface area (Å²) in [7, 11) is 0. The molecule has 0 spiro atoms. The largest absolute Gasteiger partial charge is 0.480 e. The molecular weight excluding hydrogens is 404 g/mol. The van der Waals surface area contributed by atoms with Crippen LogP contribution in [0.1, 0.15) is 90.4 Å². The highest BCUT2D eigenvalue weighted by atomic mass is 16.4. The summed E-state index contributed by atoms with van der Waals surface area (Å²) in [5, 5.41) is 29.9. The minimum absolute atomic E-state index is 0.0175. The van der Waals surface area contributed by atoms with E-state index in [4.69, 9.17) is 10.2 Å². The lowest BCUT2D eigenvalue weighted by Crippen LogP contribution is -2.46. The molecule has 0 aliphatic rings. The second-order valence-corrected chi connectivity index (χ2v) is 7.97. The van der Waals surface area contributed by atoms with Gasteiger partial charge in [0.05, 0.1) is 13.1 Å². The van der Waals surface area contributed by atoms with E-state index < -0.39 is 37.0 Å². The van der Waals surface area contributed by atoms with Crippen LogP contribution in [0.2, 0.25) is 0 Å². The Morgan fingerprint density at radius 3 is 1.74 bits per heavy atom. The van der Waals surface area contributed by atoms with Crippen LogP contribution in [0.15, 0.2) is 0 Å². The van der Waals surface area contributed by atoms with Crippen LogP contribution in [-0.2, 0) is 19.2 Å². The van der Waals surface area contributed by atoms with Gasteiger partial charge >= 0.3 is 17.9 Å². The van der Waals surface area contributed by atoms with E-state index in [1.807, 2.05) is 0 Å². The van der Waals surface area contributed by atoms with Crippen molar-refractivity contribution in [2.24, 2.45) is 0 Å². The number of nitrogens with zero attached hydrogens (tertiary/aromatic N) is 1. The zero-order valence-corrected chi connectivity index (χ0v) is 18.8. The fourth-order valence-electron chi connectivity index (χ4n) is 3.46. The fourth-order valence-corrected chi connectivity index (χ4v) is 3.46. The third kappa shape index (κ3) is 17.2. The van der Waals surface area contributed by atoms with Gasteiger partial charge in [-0.2, -0.15) is 0 Å². The predicted octanol–water partition coefficient (Wildman–Crippen LogP) is 3.12. The van der Waals surface area contributed by atoms with Gasteiger partial charge in [-0.05, 0) is 25.7 Å². The highest BCUT2D eigenvalue weighted by molar-refractivity contribution is 5.78. The number of carbonyl (C=O) groups is 4. The molecule has 0 heterocycles. The highest BCUT2D eigenvalue weighted by Gasteiger charge is 2.28. The summed E-state index contributed by atoms with van der Waals surface area (Å²) in [4.78, 5) is 46.0. The van der Waals surface area contributed by atoms with Gasteiger partial charge < -0.3 is 20.6 Å². The molecular formula is C22H40N2O7. The van der Waals surface area contributed by atoms with E-state index in [0.29, 0.717) is 25.8 Å². The molecule has 0 fully saturated rings. The standard InChI is InChI=1S/C22H40N2O7/c1-2-3-4-5-6-7-8-9-10-14-19(25)23-15-12-11-13-18(22(30)31)24(16-20(26)27)17-21(28)29/h18H,2-17H2,1H3,(H,23,25)(H,26,27)(H,28,29)(H,30,31). The van der Waals surface area contributed by atoms with Gasteiger partial charge in [-0.1, -0.05) is 58.3 Å². The van der Waals surface area contributed by atoms with Crippen LogP contribution in [0.4, 0.5) is 0 Å². The Balaban J connectivity index is 3.95. The first-order valence-electron chi connectivity index (χ1n) is 11.4. The van der Waals surface area contributed by atoms with Crippen LogP contribution in [0.3, 0.4) is 0 Å². The Labute approximate surface area is 185 Å². The molecule has 0 saturated carbocycles. The second kappa shape index (κ2) is 18.6. The van der Waals surface area contributed by atoms with E-state index in [1.54, 1.807) is 0 Å². The molecule has 9 heteroatoms. The van der Waals surface area contributed by atoms with E-state index in [1.165, 1.54) is 38.5 Å². The number of unbranched alkanes of at least 4 members (excludes halogenated alkanes) is 9. The van der Waals surface area contributed by atoms with Crippen LogP contribution >= 0.6 is 0 Å². The lowest BCUT2D eigenvalue weighted by molar-refractivity contribution is -0.149. The number of aliphatic carboxylic acids is 3. The smallest absolute Gasteiger partial charge is 0.320 e. The van der Waals surface area contributed by atoms with E-state index >= 15 is 0 Å².